The molecule has 1 N–H and O–H groups in total. The second kappa shape index (κ2) is 4.57. The molecule has 1 unspecified atom stereocenters. The van der Waals surface area contributed by atoms with Crippen molar-refractivity contribution in [3.8, 4) is 0 Å². The molecule has 0 amide bonds. The van der Waals surface area contributed by atoms with Crippen molar-refractivity contribution in [2.45, 2.75) is 32.2 Å². The van der Waals surface area contributed by atoms with Crippen LogP contribution in [-0.4, -0.2) is 28.6 Å². The Morgan fingerprint density at radius 3 is 3.16 bits per heavy atom. The number of benzene rings is 1. The molecule has 19 heavy (non-hydrogen) atoms. The van der Waals surface area contributed by atoms with Crippen molar-refractivity contribution in [1.29, 1.82) is 0 Å². The maximum Gasteiger partial charge on any atom is 0.335 e. The summed E-state index contributed by atoms with van der Waals surface area (Å²) in [4.78, 5) is 17.6. The lowest BCUT2D eigenvalue weighted by molar-refractivity contribution is 0.0697. The summed E-state index contributed by atoms with van der Waals surface area (Å²) in [5, 5.41) is 8.97. The molecule has 0 saturated carbocycles. The van der Waals surface area contributed by atoms with Gasteiger partial charge in [-0.1, -0.05) is 6.92 Å². The molecule has 100 valence electrons. The molecular formula is C14H16N2O3. The van der Waals surface area contributed by atoms with Crippen LogP contribution in [0.4, 0.5) is 6.01 Å². The average molecular weight is 260 g/mol. The third-order valence-corrected chi connectivity index (χ3v) is 3.72. The van der Waals surface area contributed by atoms with E-state index in [1.54, 1.807) is 12.1 Å². The van der Waals surface area contributed by atoms with Gasteiger partial charge in [-0.25, -0.2) is 4.79 Å². The maximum absolute atomic E-state index is 10.9. The molecule has 3 rings (SSSR count). The lowest BCUT2D eigenvalue weighted by Gasteiger charge is -2.20. The number of aromatic nitrogens is 1. The van der Waals surface area contributed by atoms with Crippen molar-refractivity contribution in [2.75, 3.05) is 11.4 Å². The predicted octanol–water partition coefficient (Wildman–Crippen LogP) is 2.90. The van der Waals surface area contributed by atoms with Gasteiger partial charge in [-0.2, -0.15) is 4.98 Å². The Hall–Kier alpha value is -2.04. The summed E-state index contributed by atoms with van der Waals surface area (Å²) in [6, 6.07) is 5.88. The number of anilines is 1. The summed E-state index contributed by atoms with van der Waals surface area (Å²) in [5.74, 6) is -0.951. The van der Waals surface area contributed by atoms with E-state index in [1.807, 2.05) is 0 Å². The van der Waals surface area contributed by atoms with Gasteiger partial charge < -0.3 is 14.4 Å². The molecule has 1 aliphatic rings. The molecule has 1 fully saturated rings. The number of carboxylic acid groups (broad SMARTS) is 1. The minimum absolute atomic E-state index is 0.226. The fourth-order valence-electron chi connectivity index (χ4n) is 2.68. The van der Waals surface area contributed by atoms with E-state index in [1.165, 1.54) is 6.07 Å². The topological polar surface area (TPSA) is 66.6 Å². The summed E-state index contributed by atoms with van der Waals surface area (Å²) in [7, 11) is 0. The summed E-state index contributed by atoms with van der Waals surface area (Å²) < 4.78 is 5.73. The van der Waals surface area contributed by atoms with Crippen LogP contribution in [0.5, 0.6) is 0 Å². The summed E-state index contributed by atoms with van der Waals surface area (Å²) >= 11 is 0. The third-order valence-electron chi connectivity index (χ3n) is 3.72. The normalized spacial score (nSPS) is 19.2. The Bertz CT molecular complexity index is 620. The van der Waals surface area contributed by atoms with Crippen molar-refractivity contribution in [1.82, 2.24) is 4.98 Å². The highest BCUT2D eigenvalue weighted by Gasteiger charge is 2.26. The van der Waals surface area contributed by atoms with Gasteiger partial charge in [0.2, 0.25) is 0 Å². The smallest absolute Gasteiger partial charge is 0.335 e. The summed E-state index contributed by atoms with van der Waals surface area (Å²) in [6.45, 7) is 3.12. The van der Waals surface area contributed by atoms with Crippen LogP contribution >= 0.6 is 0 Å². The van der Waals surface area contributed by atoms with Gasteiger partial charge in [0.1, 0.15) is 5.52 Å². The van der Waals surface area contributed by atoms with Crippen LogP contribution in [0.2, 0.25) is 0 Å². The molecule has 1 aromatic carbocycles. The van der Waals surface area contributed by atoms with Gasteiger partial charge in [0.05, 0.1) is 5.56 Å². The van der Waals surface area contributed by atoms with Gasteiger partial charge in [-0.3, -0.25) is 0 Å². The van der Waals surface area contributed by atoms with E-state index >= 15 is 0 Å². The molecule has 1 aliphatic heterocycles. The van der Waals surface area contributed by atoms with Gasteiger partial charge in [-0.15, -0.1) is 0 Å². The zero-order chi connectivity index (χ0) is 13.4. The maximum atomic E-state index is 10.9. The number of hydrogen-bond acceptors (Lipinski definition) is 4. The molecule has 2 aromatic rings. The second-order valence-electron chi connectivity index (χ2n) is 4.88. The highest BCUT2D eigenvalue weighted by Crippen LogP contribution is 2.29. The van der Waals surface area contributed by atoms with Crippen molar-refractivity contribution in [3.63, 3.8) is 0 Å². The molecule has 1 aromatic heterocycles. The van der Waals surface area contributed by atoms with Gasteiger partial charge in [0.15, 0.2) is 5.58 Å². The van der Waals surface area contributed by atoms with E-state index in [-0.39, 0.29) is 5.56 Å². The predicted molar refractivity (Wildman–Crippen MR) is 71.6 cm³/mol. The number of carboxylic acids is 1. The molecule has 5 heteroatoms. The van der Waals surface area contributed by atoms with Crippen LogP contribution in [0.15, 0.2) is 22.6 Å². The first kappa shape index (κ1) is 12.0. The molecule has 2 heterocycles. The molecule has 0 radical (unpaired) electrons. The average Bonchev–Trinajstić information content (AvgIpc) is 3.03. The van der Waals surface area contributed by atoms with Crippen LogP contribution in [0.1, 0.15) is 36.5 Å². The van der Waals surface area contributed by atoms with Gasteiger partial charge in [0.25, 0.3) is 6.01 Å². The first-order chi connectivity index (χ1) is 9.19. The van der Waals surface area contributed by atoms with Crippen molar-refractivity contribution >= 4 is 23.1 Å². The quantitative estimate of drug-likeness (QED) is 0.919. The highest BCUT2D eigenvalue weighted by molar-refractivity contribution is 5.92. The Balaban J connectivity index is 1.99. The highest BCUT2D eigenvalue weighted by atomic mass is 16.4. The minimum atomic E-state index is -0.951. The second-order valence-corrected chi connectivity index (χ2v) is 4.88. The number of oxazole rings is 1. The number of carbonyl (C=O) groups is 1. The first-order valence-electron chi connectivity index (χ1n) is 6.59. The number of hydrogen-bond donors (Lipinski definition) is 1. The molecule has 0 bridgehead atoms. The van der Waals surface area contributed by atoms with Crippen molar-refractivity contribution in [3.05, 3.63) is 23.8 Å². The minimum Gasteiger partial charge on any atom is -0.478 e. The van der Waals surface area contributed by atoms with Crippen molar-refractivity contribution < 1.29 is 14.3 Å². The van der Waals surface area contributed by atoms with Crippen LogP contribution in [0.25, 0.3) is 11.1 Å². The van der Waals surface area contributed by atoms with E-state index in [0.717, 1.165) is 25.8 Å². The number of rotatable bonds is 3. The zero-order valence-corrected chi connectivity index (χ0v) is 10.8. The molecule has 0 spiro atoms. The van der Waals surface area contributed by atoms with E-state index < -0.39 is 5.97 Å². The third kappa shape index (κ3) is 2.05. The molecular weight excluding hydrogens is 244 g/mol. The Morgan fingerprint density at radius 2 is 2.42 bits per heavy atom. The molecule has 1 atom stereocenters. The first-order valence-corrected chi connectivity index (χ1v) is 6.59. The number of nitrogens with zero attached hydrogens (tertiary/aromatic N) is 2. The van der Waals surface area contributed by atoms with Crippen LogP contribution in [-0.2, 0) is 0 Å². The van der Waals surface area contributed by atoms with Crippen LogP contribution in [0, 0.1) is 0 Å². The van der Waals surface area contributed by atoms with Gasteiger partial charge in [-0.05, 0) is 37.5 Å². The van der Waals surface area contributed by atoms with E-state index in [0.29, 0.717) is 23.2 Å². The molecule has 0 aliphatic carbocycles. The lowest BCUT2D eigenvalue weighted by atomic mass is 10.2. The van der Waals surface area contributed by atoms with Crippen LogP contribution in [0.3, 0.4) is 0 Å². The molecule has 1 saturated heterocycles. The Labute approximate surface area is 110 Å². The Kier molecular flexibility index (Phi) is 2.89. The van der Waals surface area contributed by atoms with E-state index in [4.69, 9.17) is 9.52 Å². The largest absolute Gasteiger partial charge is 0.478 e. The summed E-state index contributed by atoms with van der Waals surface area (Å²) in [5.41, 5.74) is 1.47. The monoisotopic (exact) mass is 260 g/mol. The zero-order valence-electron chi connectivity index (χ0n) is 10.8. The standard InChI is InChI=1S/C14H16N2O3/c1-2-10-4-3-7-16(10)14-15-11-6-5-9(13(17)18)8-12(11)19-14/h5-6,8,10H,2-4,7H2,1H3,(H,17,18). The van der Waals surface area contributed by atoms with Gasteiger partial charge >= 0.3 is 5.97 Å². The van der Waals surface area contributed by atoms with E-state index in [9.17, 15) is 4.79 Å². The number of fused-ring (bicyclic) bond motifs is 1. The Morgan fingerprint density at radius 1 is 1.58 bits per heavy atom. The van der Waals surface area contributed by atoms with Crippen LogP contribution < -0.4 is 4.90 Å². The fourth-order valence-corrected chi connectivity index (χ4v) is 2.68. The number of aromatic carboxylic acids is 1. The fraction of sp³-hybridized carbons (Fsp3) is 0.429. The van der Waals surface area contributed by atoms with Crippen molar-refractivity contribution in [2.24, 2.45) is 0 Å². The molecule has 5 nitrogen and oxygen atoms in total. The van der Waals surface area contributed by atoms with Gasteiger partial charge in [0, 0.05) is 12.6 Å². The lowest BCUT2D eigenvalue weighted by Crippen LogP contribution is -2.28. The summed E-state index contributed by atoms with van der Waals surface area (Å²) in [6.07, 6.45) is 3.38. The SMILES string of the molecule is CCC1CCCN1c1nc2ccc(C(=O)O)cc2o1. The van der Waals surface area contributed by atoms with E-state index in [2.05, 4.69) is 16.8 Å².